The minimum Gasteiger partial charge on any atom is -0.497 e. The number of carbonyl (C=O) groups is 1. The van der Waals surface area contributed by atoms with E-state index < -0.39 is 0 Å². The SMILES string of the molecule is COc1ccc2c(c1)CCC2C(=O)c1ccccc1Br. The number of benzene rings is 2. The normalized spacial score (nSPS) is 16.8. The van der Waals surface area contributed by atoms with E-state index in [9.17, 15) is 4.79 Å². The summed E-state index contributed by atoms with van der Waals surface area (Å²) in [5, 5.41) is 0. The number of methoxy groups -OCH3 is 1. The number of hydrogen-bond acceptors (Lipinski definition) is 2. The zero-order valence-corrected chi connectivity index (χ0v) is 12.8. The lowest BCUT2D eigenvalue weighted by molar-refractivity contribution is 0.0959. The zero-order chi connectivity index (χ0) is 14.1. The summed E-state index contributed by atoms with van der Waals surface area (Å²) in [7, 11) is 1.67. The molecule has 3 heteroatoms. The van der Waals surface area contributed by atoms with Crippen LogP contribution in [0.3, 0.4) is 0 Å². The van der Waals surface area contributed by atoms with Crippen molar-refractivity contribution in [1.29, 1.82) is 0 Å². The van der Waals surface area contributed by atoms with Gasteiger partial charge in [-0.05, 0) is 42.2 Å². The van der Waals surface area contributed by atoms with Gasteiger partial charge in [0.1, 0.15) is 5.75 Å². The average Bonchev–Trinajstić information content (AvgIpc) is 2.90. The van der Waals surface area contributed by atoms with Crippen molar-refractivity contribution in [1.82, 2.24) is 0 Å². The maximum atomic E-state index is 12.7. The first-order valence-electron chi connectivity index (χ1n) is 6.66. The van der Waals surface area contributed by atoms with Crippen LogP contribution in [0.25, 0.3) is 0 Å². The van der Waals surface area contributed by atoms with Crippen molar-refractivity contribution in [3.05, 3.63) is 63.6 Å². The fourth-order valence-corrected chi connectivity index (χ4v) is 3.32. The van der Waals surface area contributed by atoms with Crippen molar-refractivity contribution in [2.45, 2.75) is 18.8 Å². The Labute approximate surface area is 126 Å². The maximum Gasteiger partial charge on any atom is 0.171 e. The minimum absolute atomic E-state index is 0.0328. The standard InChI is InChI=1S/C17H15BrO2/c1-20-12-7-9-13-11(10-12)6-8-14(13)17(19)15-4-2-3-5-16(15)18/h2-5,7,9-10,14H,6,8H2,1H3. The summed E-state index contributed by atoms with van der Waals surface area (Å²) >= 11 is 3.47. The predicted molar refractivity (Wildman–Crippen MR) is 82.5 cm³/mol. The molecule has 0 saturated heterocycles. The average molecular weight is 331 g/mol. The molecule has 0 bridgehead atoms. The Bertz CT molecular complexity index is 664. The lowest BCUT2D eigenvalue weighted by Crippen LogP contribution is -2.10. The van der Waals surface area contributed by atoms with Crippen LogP contribution in [0.5, 0.6) is 5.75 Å². The van der Waals surface area contributed by atoms with E-state index in [2.05, 4.69) is 15.9 Å². The highest BCUT2D eigenvalue weighted by molar-refractivity contribution is 9.10. The van der Waals surface area contributed by atoms with Gasteiger partial charge in [-0.3, -0.25) is 4.79 Å². The van der Waals surface area contributed by atoms with Gasteiger partial charge in [0.25, 0.3) is 0 Å². The third-order valence-corrected chi connectivity index (χ3v) is 4.58. The molecule has 0 fully saturated rings. The molecule has 1 unspecified atom stereocenters. The molecule has 2 nitrogen and oxygen atoms in total. The maximum absolute atomic E-state index is 12.7. The molecule has 0 saturated carbocycles. The Balaban J connectivity index is 1.95. The topological polar surface area (TPSA) is 26.3 Å². The summed E-state index contributed by atoms with van der Waals surface area (Å²) in [4.78, 5) is 12.7. The highest BCUT2D eigenvalue weighted by Gasteiger charge is 2.30. The summed E-state index contributed by atoms with van der Waals surface area (Å²) in [6.45, 7) is 0. The Kier molecular flexibility index (Phi) is 3.62. The fourth-order valence-electron chi connectivity index (χ4n) is 2.84. The molecule has 0 amide bonds. The first-order valence-corrected chi connectivity index (χ1v) is 7.45. The summed E-state index contributed by atoms with van der Waals surface area (Å²) < 4.78 is 6.11. The lowest BCUT2D eigenvalue weighted by atomic mass is 9.92. The highest BCUT2D eigenvalue weighted by Crippen LogP contribution is 2.38. The predicted octanol–water partition coefficient (Wildman–Crippen LogP) is 4.37. The Morgan fingerprint density at radius 3 is 2.80 bits per heavy atom. The molecule has 0 spiro atoms. The van der Waals surface area contributed by atoms with Gasteiger partial charge in [0.15, 0.2) is 5.78 Å². The number of aryl methyl sites for hydroxylation is 1. The number of hydrogen-bond donors (Lipinski definition) is 0. The number of rotatable bonds is 3. The molecule has 1 aliphatic rings. The monoisotopic (exact) mass is 330 g/mol. The third-order valence-electron chi connectivity index (χ3n) is 3.88. The molecule has 2 aromatic carbocycles. The molecule has 0 N–H and O–H groups in total. The van der Waals surface area contributed by atoms with Crippen LogP contribution in [0.15, 0.2) is 46.9 Å². The summed E-state index contributed by atoms with van der Waals surface area (Å²) in [5.41, 5.74) is 3.14. The van der Waals surface area contributed by atoms with Gasteiger partial charge in [-0.1, -0.05) is 40.2 Å². The fraction of sp³-hybridized carbons (Fsp3) is 0.235. The Morgan fingerprint density at radius 2 is 2.05 bits per heavy atom. The summed E-state index contributed by atoms with van der Waals surface area (Å²) in [5.74, 6) is 1.02. The molecule has 3 rings (SSSR count). The van der Waals surface area contributed by atoms with Crippen LogP contribution < -0.4 is 4.74 Å². The first kappa shape index (κ1) is 13.4. The van der Waals surface area contributed by atoms with Gasteiger partial charge in [0.05, 0.1) is 7.11 Å². The van der Waals surface area contributed by atoms with Crippen molar-refractivity contribution in [2.24, 2.45) is 0 Å². The van der Waals surface area contributed by atoms with Gasteiger partial charge in [-0.2, -0.15) is 0 Å². The van der Waals surface area contributed by atoms with Gasteiger partial charge in [-0.25, -0.2) is 0 Å². The van der Waals surface area contributed by atoms with Crippen LogP contribution >= 0.6 is 15.9 Å². The first-order chi connectivity index (χ1) is 9.70. The van der Waals surface area contributed by atoms with Gasteiger partial charge in [0.2, 0.25) is 0 Å². The molecule has 1 atom stereocenters. The van der Waals surface area contributed by atoms with E-state index in [1.807, 2.05) is 42.5 Å². The molecular weight excluding hydrogens is 316 g/mol. The highest BCUT2D eigenvalue weighted by atomic mass is 79.9. The number of carbonyl (C=O) groups excluding carboxylic acids is 1. The van der Waals surface area contributed by atoms with Crippen LogP contribution in [-0.4, -0.2) is 12.9 Å². The second-order valence-corrected chi connectivity index (χ2v) is 5.85. The van der Waals surface area contributed by atoms with E-state index in [0.717, 1.165) is 34.2 Å². The van der Waals surface area contributed by atoms with Crippen LogP contribution in [-0.2, 0) is 6.42 Å². The van der Waals surface area contributed by atoms with E-state index in [1.165, 1.54) is 5.56 Å². The molecule has 0 aromatic heterocycles. The number of fused-ring (bicyclic) bond motifs is 1. The van der Waals surface area contributed by atoms with E-state index in [-0.39, 0.29) is 11.7 Å². The molecule has 0 radical (unpaired) electrons. The zero-order valence-electron chi connectivity index (χ0n) is 11.2. The molecule has 2 aromatic rings. The van der Waals surface area contributed by atoms with Crippen LogP contribution in [0.4, 0.5) is 0 Å². The molecule has 102 valence electrons. The molecule has 0 heterocycles. The van der Waals surface area contributed by atoms with Crippen LogP contribution in [0.1, 0.15) is 33.8 Å². The van der Waals surface area contributed by atoms with E-state index in [0.29, 0.717) is 0 Å². The van der Waals surface area contributed by atoms with E-state index >= 15 is 0 Å². The number of halogens is 1. The van der Waals surface area contributed by atoms with Crippen LogP contribution in [0, 0.1) is 0 Å². The van der Waals surface area contributed by atoms with Gasteiger partial charge >= 0.3 is 0 Å². The smallest absolute Gasteiger partial charge is 0.171 e. The second kappa shape index (κ2) is 5.41. The van der Waals surface area contributed by atoms with Crippen molar-refractivity contribution >= 4 is 21.7 Å². The quantitative estimate of drug-likeness (QED) is 0.781. The van der Waals surface area contributed by atoms with Crippen molar-refractivity contribution in [3.8, 4) is 5.75 Å². The van der Waals surface area contributed by atoms with Gasteiger partial charge < -0.3 is 4.74 Å². The van der Waals surface area contributed by atoms with Crippen LogP contribution in [0.2, 0.25) is 0 Å². The molecular formula is C17H15BrO2. The number of ketones is 1. The third kappa shape index (κ3) is 2.27. The van der Waals surface area contributed by atoms with Crippen molar-refractivity contribution in [2.75, 3.05) is 7.11 Å². The molecule has 0 aliphatic heterocycles. The number of ether oxygens (including phenoxy) is 1. The Hall–Kier alpha value is -1.61. The van der Waals surface area contributed by atoms with E-state index in [4.69, 9.17) is 4.74 Å². The second-order valence-electron chi connectivity index (χ2n) is 5.00. The molecule has 1 aliphatic carbocycles. The van der Waals surface area contributed by atoms with E-state index in [1.54, 1.807) is 7.11 Å². The summed E-state index contributed by atoms with van der Waals surface area (Å²) in [6, 6.07) is 13.6. The van der Waals surface area contributed by atoms with Crippen molar-refractivity contribution in [3.63, 3.8) is 0 Å². The largest absolute Gasteiger partial charge is 0.497 e. The van der Waals surface area contributed by atoms with Crippen molar-refractivity contribution < 1.29 is 9.53 Å². The number of Topliss-reactive ketones (excluding diaryl/α,β-unsaturated/α-hetero) is 1. The van der Waals surface area contributed by atoms with Gasteiger partial charge in [-0.15, -0.1) is 0 Å². The Morgan fingerprint density at radius 1 is 1.25 bits per heavy atom. The van der Waals surface area contributed by atoms with Gasteiger partial charge in [0, 0.05) is 16.0 Å². The lowest BCUT2D eigenvalue weighted by Gasteiger charge is -2.12. The summed E-state index contributed by atoms with van der Waals surface area (Å²) in [6.07, 6.45) is 1.82. The minimum atomic E-state index is -0.0328. The molecule has 20 heavy (non-hydrogen) atoms.